The van der Waals surface area contributed by atoms with Crippen LogP contribution < -0.4 is 11.0 Å². The molecule has 2 N–H and O–H groups in total. The number of pyridine rings is 1. The van der Waals surface area contributed by atoms with E-state index >= 15 is 0 Å². The fraction of sp³-hybridized carbons (Fsp3) is 0.250. The first kappa shape index (κ1) is 19.7. The van der Waals surface area contributed by atoms with E-state index in [1.165, 1.54) is 17.6 Å². The summed E-state index contributed by atoms with van der Waals surface area (Å²) in [7, 11) is -3.84. The molecule has 1 amide bonds. The van der Waals surface area contributed by atoms with Crippen molar-refractivity contribution < 1.29 is 27.2 Å². The van der Waals surface area contributed by atoms with Crippen molar-refractivity contribution in [2.45, 2.75) is 18.2 Å². The predicted molar refractivity (Wildman–Crippen MR) is 89.2 cm³/mol. The highest BCUT2D eigenvalue weighted by atomic mass is 32.2. The zero-order valence-corrected chi connectivity index (χ0v) is 14.5. The monoisotopic (exact) mass is 386 g/mol. The van der Waals surface area contributed by atoms with E-state index in [0.717, 1.165) is 35.2 Å². The summed E-state index contributed by atoms with van der Waals surface area (Å²) in [6.45, 7) is -0.259. The predicted octanol–water partition coefficient (Wildman–Crippen LogP) is 1.10. The summed E-state index contributed by atoms with van der Waals surface area (Å²) in [4.78, 5) is 23.6. The van der Waals surface area contributed by atoms with Crippen molar-refractivity contribution in [2.75, 3.05) is 6.26 Å². The lowest BCUT2D eigenvalue weighted by Crippen LogP contribution is -2.39. The van der Waals surface area contributed by atoms with Gasteiger partial charge in [-0.2, -0.15) is 0 Å². The number of nitrogens with one attached hydrogen (secondary N) is 1. The van der Waals surface area contributed by atoms with Gasteiger partial charge in [0, 0.05) is 30.6 Å². The van der Waals surface area contributed by atoms with Crippen LogP contribution in [0.25, 0.3) is 11.1 Å². The lowest BCUT2D eigenvalue weighted by atomic mass is 10.1. The van der Waals surface area contributed by atoms with Crippen LogP contribution in [0.1, 0.15) is 6.42 Å². The smallest absolute Gasteiger partial charge is 0.261 e. The summed E-state index contributed by atoms with van der Waals surface area (Å²) in [5, 5.41) is 7.04. The number of rotatable bonds is 6. The maximum atomic E-state index is 14.3. The Bertz CT molecular complexity index is 971. The summed E-state index contributed by atoms with van der Waals surface area (Å²) in [6, 6.07) is 5.91. The summed E-state index contributed by atoms with van der Waals surface area (Å²) < 4.78 is 51.4. The van der Waals surface area contributed by atoms with Gasteiger partial charge in [0.2, 0.25) is 0 Å². The molecule has 140 valence electrons. The molecule has 2 aromatic rings. The van der Waals surface area contributed by atoms with Crippen molar-refractivity contribution >= 4 is 15.7 Å². The Labute approximate surface area is 147 Å². The molecule has 0 fully saturated rings. The minimum Gasteiger partial charge on any atom is -0.312 e. The molecule has 0 aliphatic carbocycles. The van der Waals surface area contributed by atoms with Crippen LogP contribution in [0.15, 0.2) is 41.3 Å². The highest BCUT2D eigenvalue weighted by Gasteiger charge is 2.28. The maximum absolute atomic E-state index is 14.3. The first-order valence-corrected chi connectivity index (χ1v) is 9.37. The standard InChI is InChI=1S/C16H16F2N2O5S/c1-26(24,25)14(16(22)19-23)6-7-20-9-13(18)12(8-15(20)21)10-2-4-11(17)5-3-10/h2-5,8-9,14,23H,6-7H2,1H3,(H,19,22). The molecule has 26 heavy (non-hydrogen) atoms. The van der Waals surface area contributed by atoms with E-state index in [1.807, 2.05) is 0 Å². The number of aryl methyl sites for hydroxylation is 1. The van der Waals surface area contributed by atoms with Gasteiger partial charge in [-0.1, -0.05) is 12.1 Å². The lowest BCUT2D eigenvalue weighted by molar-refractivity contribution is -0.128. The van der Waals surface area contributed by atoms with Gasteiger partial charge in [-0.3, -0.25) is 14.8 Å². The van der Waals surface area contributed by atoms with Gasteiger partial charge < -0.3 is 4.57 Å². The third-order valence-electron chi connectivity index (χ3n) is 3.78. The number of carbonyl (C=O) groups is 1. The Morgan fingerprint density at radius 3 is 2.42 bits per heavy atom. The molecule has 1 heterocycles. The van der Waals surface area contributed by atoms with Gasteiger partial charge in [-0.15, -0.1) is 0 Å². The van der Waals surface area contributed by atoms with Crippen LogP contribution in [0, 0.1) is 11.6 Å². The normalized spacial score (nSPS) is 12.6. The van der Waals surface area contributed by atoms with E-state index < -0.39 is 38.2 Å². The quantitative estimate of drug-likeness (QED) is 0.571. The second-order valence-corrected chi connectivity index (χ2v) is 7.88. The number of hydrogen-bond donors (Lipinski definition) is 2. The van der Waals surface area contributed by atoms with Crippen LogP contribution in [0.2, 0.25) is 0 Å². The molecule has 7 nitrogen and oxygen atoms in total. The van der Waals surface area contributed by atoms with Gasteiger partial charge in [-0.25, -0.2) is 22.7 Å². The molecule has 0 spiro atoms. The van der Waals surface area contributed by atoms with E-state index in [9.17, 15) is 26.8 Å². The van der Waals surface area contributed by atoms with Crippen LogP contribution >= 0.6 is 0 Å². The van der Waals surface area contributed by atoms with Crippen molar-refractivity contribution in [3.8, 4) is 11.1 Å². The number of halogens is 2. The van der Waals surface area contributed by atoms with E-state index in [1.54, 1.807) is 0 Å². The van der Waals surface area contributed by atoms with Gasteiger partial charge in [0.15, 0.2) is 9.84 Å². The molecule has 0 saturated carbocycles. The van der Waals surface area contributed by atoms with Crippen molar-refractivity contribution in [3.63, 3.8) is 0 Å². The number of hydroxylamine groups is 1. The molecule has 10 heteroatoms. The molecule has 1 unspecified atom stereocenters. The molecular formula is C16H16F2N2O5S. The zero-order chi connectivity index (χ0) is 19.5. The molecule has 0 radical (unpaired) electrons. The van der Waals surface area contributed by atoms with Crippen LogP contribution in [0.3, 0.4) is 0 Å². The first-order valence-electron chi connectivity index (χ1n) is 7.42. The number of amides is 1. The Morgan fingerprint density at radius 1 is 1.27 bits per heavy atom. The average Bonchev–Trinajstić information content (AvgIpc) is 2.57. The van der Waals surface area contributed by atoms with Gasteiger partial charge in [0.1, 0.15) is 16.9 Å². The third-order valence-corrected chi connectivity index (χ3v) is 5.27. The van der Waals surface area contributed by atoms with Crippen molar-refractivity contribution in [1.82, 2.24) is 10.0 Å². The van der Waals surface area contributed by atoms with Crippen LogP contribution in [0.4, 0.5) is 8.78 Å². The zero-order valence-electron chi connectivity index (χ0n) is 13.6. The molecular weight excluding hydrogens is 370 g/mol. The van der Waals surface area contributed by atoms with Crippen LogP contribution in [-0.2, 0) is 21.2 Å². The second kappa shape index (κ2) is 7.75. The van der Waals surface area contributed by atoms with Gasteiger partial charge in [0.25, 0.3) is 11.5 Å². The topological polar surface area (TPSA) is 105 Å². The van der Waals surface area contributed by atoms with Crippen LogP contribution in [-0.4, -0.2) is 35.6 Å². The second-order valence-electron chi connectivity index (χ2n) is 5.66. The molecule has 0 aliphatic heterocycles. The molecule has 0 aliphatic rings. The molecule has 1 aromatic carbocycles. The summed E-state index contributed by atoms with van der Waals surface area (Å²) in [5.41, 5.74) is 0.915. The molecule has 0 bridgehead atoms. The molecule has 1 atom stereocenters. The number of carbonyl (C=O) groups excluding carboxylic acids is 1. The highest BCUT2D eigenvalue weighted by Crippen LogP contribution is 2.21. The van der Waals surface area contributed by atoms with Gasteiger partial charge in [0.05, 0.1) is 0 Å². The number of nitrogens with zero attached hydrogens (tertiary/aromatic N) is 1. The third kappa shape index (κ3) is 4.52. The van der Waals surface area contributed by atoms with Crippen molar-refractivity contribution in [1.29, 1.82) is 0 Å². The van der Waals surface area contributed by atoms with Gasteiger partial charge >= 0.3 is 0 Å². The first-order chi connectivity index (χ1) is 12.1. The van der Waals surface area contributed by atoms with Gasteiger partial charge in [-0.05, 0) is 24.1 Å². The van der Waals surface area contributed by atoms with E-state index in [0.29, 0.717) is 5.56 Å². The number of sulfone groups is 1. The Hall–Kier alpha value is -2.59. The Balaban J connectivity index is 2.29. The van der Waals surface area contributed by atoms with E-state index in [-0.39, 0.29) is 18.5 Å². The fourth-order valence-electron chi connectivity index (χ4n) is 2.44. The van der Waals surface area contributed by atoms with E-state index in [2.05, 4.69) is 0 Å². The minimum atomic E-state index is -3.84. The Morgan fingerprint density at radius 2 is 1.88 bits per heavy atom. The maximum Gasteiger partial charge on any atom is 0.261 e. The van der Waals surface area contributed by atoms with Crippen LogP contribution in [0.5, 0.6) is 0 Å². The summed E-state index contributed by atoms with van der Waals surface area (Å²) in [5.74, 6) is -2.40. The molecule has 1 aromatic heterocycles. The largest absolute Gasteiger partial charge is 0.312 e. The summed E-state index contributed by atoms with van der Waals surface area (Å²) in [6.07, 6.45) is 1.37. The molecule has 0 saturated heterocycles. The minimum absolute atomic E-state index is 0.0287. The SMILES string of the molecule is CS(=O)(=O)C(CCn1cc(F)c(-c2ccc(F)cc2)cc1=O)C(=O)NO. The number of benzene rings is 1. The number of hydrogen-bond acceptors (Lipinski definition) is 5. The fourth-order valence-corrected chi connectivity index (χ4v) is 3.41. The lowest BCUT2D eigenvalue weighted by Gasteiger charge is -2.14. The van der Waals surface area contributed by atoms with Crippen molar-refractivity contribution in [3.05, 3.63) is 58.5 Å². The number of aromatic nitrogens is 1. The van der Waals surface area contributed by atoms with E-state index in [4.69, 9.17) is 5.21 Å². The summed E-state index contributed by atoms with van der Waals surface area (Å²) >= 11 is 0. The average molecular weight is 386 g/mol. The van der Waals surface area contributed by atoms with Crippen molar-refractivity contribution in [2.24, 2.45) is 0 Å². The Kier molecular flexibility index (Phi) is 5.88. The molecule has 2 rings (SSSR count). The highest BCUT2D eigenvalue weighted by molar-refractivity contribution is 7.92.